The number of aromatic nitrogens is 4. The zero-order valence-corrected chi connectivity index (χ0v) is 10.5. The highest BCUT2D eigenvalue weighted by Gasteiger charge is 2.08. The average molecular weight is 262 g/mol. The molecular formula is C12H14N4O3. The number of aliphatic carboxylic acids is 1. The van der Waals surface area contributed by atoms with Gasteiger partial charge in [-0.3, -0.25) is 4.79 Å². The topological polar surface area (TPSA) is 90.1 Å². The average Bonchev–Trinajstić information content (AvgIpc) is 2.84. The fourth-order valence-electron chi connectivity index (χ4n) is 1.47. The molecule has 0 radical (unpaired) electrons. The predicted octanol–water partition coefficient (Wildman–Crippen LogP) is 1.21. The molecule has 1 heterocycles. The lowest BCUT2D eigenvalue weighted by atomic mass is 10.2. The third kappa shape index (κ3) is 3.51. The van der Waals surface area contributed by atoms with Crippen LogP contribution in [0.2, 0.25) is 0 Å². The number of nitrogens with zero attached hydrogens (tertiary/aromatic N) is 4. The van der Waals surface area contributed by atoms with Crippen LogP contribution in [0.15, 0.2) is 24.3 Å². The lowest BCUT2D eigenvalue weighted by Crippen LogP contribution is -2.11. The van der Waals surface area contributed by atoms with Gasteiger partial charge in [-0.25, -0.2) is 0 Å². The van der Waals surface area contributed by atoms with Gasteiger partial charge < -0.3 is 9.84 Å². The highest BCUT2D eigenvalue weighted by Crippen LogP contribution is 2.18. The Morgan fingerprint density at radius 3 is 2.74 bits per heavy atom. The Balaban J connectivity index is 2.09. The molecule has 19 heavy (non-hydrogen) atoms. The van der Waals surface area contributed by atoms with E-state index in [1.54, 1.807) is 0 Å². The zero-order chi connectivity index (χ0) is 13.7. The van der Waals surface area contributed by atoms with E-state index in [1.165, 1.54) is 0 Å². The van der Waals surface area contributed by atoms with Crippen molar-refractivity contribution in [3.05, 3.63) is 24.3 Å². The number of ether oxygens (including phenoxy) is 1. The third-order valence-electron chi connectivity index (χ3n) is 2.31. The van der Waals surface area contributed by atoms with E-state index in [1.807, 2.05) is 31.2 Å². The number of hydrogen-bond acceptors (Lipinski definition) is 5. The SMILES string of the molecule is CCCOc1ccc(-c2nnn(CC(=O)O)n2)cc1. The van der Waals surface area contributed by atoms with Crippen LogP contribution < -0.4 is 4.74 Å². The standard InChI is InChI=1S/C12H14N4O3/c1-2-7-19-10-5-3-9(4-6-10)12-13-15-16(14-12)8-11(17)18/h3-6H,2,7-8H2,1H3,(H,17,18). The second kappa shape index (κ2) is 5.94. The van der Waals surface area contributed by atoms with Crippen LogP contribution in [0.4, 0.5) is 0 Å². The fraction of sp³-hybridized carbons (Fsp3) is 0.333. The van der Waals surface area contributed by atoms with Crippen molar-refractivity contribution in [1.82, 2.24) is 20.2 Å². The summed E-state index contributed by atoms with van der Waals surface area (Å²) in [4.78, 5) is 11.6. The summed E-state index contributed by atoms with van der Waals surface area (Å²) in [5.41, 5.74) is 0.764. The van der Waals surface area contributed by atoms with E-state index in [2.05, 4.69) is 15.4 Å². The molecule has 0 saturated carbocycles. The molecule has 100 valence electrons. The largest absolute Gasteiger partial charge is 0.494 e. The van der Waals surface area contributed by atoms with E-state index < -0.39 is 5.97 Å². The minimum absolute atomic E-state index is 0.301. The summed E-state index contributed by atoms with van der Waals surface area (Å²) >= 11 is 0. The number of carbonyl (C=O) groups is 1. The van der Waals surface area contributed by atoms with Crippen molar-refractivity contribution >= 4 is 5.97 Å². The highest BCUT2D eigenvalue weighted by molar-refractivity contribution is 5.66. The molecule has 0 spiro atoms. The van der Waals surface area contributed by atoms with Gasteiger partial charge in [0.2, 0.25) is 5.82 Å². The van der Waals surface area contributed by atoms with E-state index in [0.29, 0.717) is 12.4 Å². The first-order chi connectivity index (χ1) is 9.19. The van der Waals surface area contributed by atoms with Gasteiger partial charge in [-0.15, -0.1) is 10.2 Å². The number of hydrogen-bond donors (Lipinski definition) is 1. The normalized spacial score (nSPS) is 10.4. The van der Waals surface area contributed by atoms with Gasteiger partial charge in [-0.2, -0.15) is 4.80 Å². The summed E-state index contributed by atoms with van der Waals surface area (Å²) in [5, 5.41) is 20.1. The minimum atomic E-state index is -1.01. The summed E-state index contributed by atoms with van der Waals surface area (Å²) in [6.07, 6.45) is 0.951. The highest BCUT2D eigenvalue weighted by atomic mass is 16.5. The Hall–Kier alpha value is -2.44. The minimum Gasteiger partial charge on any atom is -0.494 e. The maximum atomic E-state index is 10.5. The Bertz CT molecular complexity index is 550. The van der Waals surface area contributed by atoms with Crippen molar-refractivity contribution in [1.29, 1.82) is 0 Å². The molecule has 0 atom stereocenters. The van der Waals surface area contributed by atoms with Gasteiger partial charge in [0.25, 0.3) is 0 Å². The first-order valence-electron chi connectivity index (χ1n) is 5.92. The summed E-state index contributed by atoms with van der Waals surface area (Å²) in [7, 11) is 0. The number of rotatable bonds is 6. The molecule has 7 heteroatoms. The van der Waals surface area contributed by atoms with Crippen LogP contribution in [0.25, 0.3) is 11.4 Å². The van der Waals surface area contributed by atoms with E-state index >= 15 is 0 Å². The number of carboxylic acid groups (broad SMARTS) is 1. The monoisotopic (exact) mass is 262 g/mol. The number of carboxylic acids is 1. The van der Waals surface area contributed by atoms with Gasteiger partial charge in [-0.05, 0) is 35.9 Å². The van der Waals surface area contributed by atoms with Gasteiger partial charge >= 0.3 is 5.97 Å². The molecule has 0 amide bonds. The Labute approximate surface area is 109 Å². The summed E-state index contributed by atoms with van der Waals surface area (Å²) in [6.45, 7) is 2.41. The summed E-state index contributed by atoms with van der Waals surface area (Å²) < 4.78 is 5.46. The zero-order valence-electron chi connectivity index (χ0n) is 10.5. The Morgan fingerprint density at radius 1 is 1.37 bits per heavy atom. The molecule has 0 aliphatic carbocycles. The van der Waals surface area contributed by atoms with Crippen LogP contribution in [-0.2, 0) is 11.3 Å². The van der Waals surface area contributed by atoms with Crippen molar-refractivity contribution in [2.45, 2.75) is 19.9 Å². The molecule has 0 saturated heterocycles. The van der Waals surface area contributed by atoms with E-state index in [0.717, 1.165) is 22.5 Å². The molecule has 0 bridgehead atoms. The lowest BCUT2D eigenvalue weighted by molar-refractivity contribution is -0.138. The van der Waals surface area contributed by atoms with Gasteiger partial charge in [0.1, 0.15) is 5.75 Å². The second-order valence-corrected chi connectivity index (χ2v) is 3.91. The first-order valence-corrected chi connectivity index (χ1v) is 5.92. The fourth-order valence-corrected chi connectivity index (χ4v) is 1.47. The molecule has 2 rings (SSSR count). The number of benzene rings is 1. The quantitative estimate of drug-likeness (QED) is 0.841. The molecule has 2 aromatic rings. The lowest BCUT2D eigenvalue weighted by Gasteiger charge is -2.03. The smallest absolute Gasteiger partial charge is 0.327 e. The number of tetrazole rings is 1. The Morgan fingerprint density at radius 2 is 2.11 bits per heavy atom. The van der Waals surface area contributed by atoms with Crippen LogP contribution in [0.3, 0.4) is 0 Å². The van der Waals surface area contributed by atoms with Crippen LogP contribution >= 0.6 is 0 Å². The maximum absolute atomic E-state index is 10.5. The van der Waals surface area contributed by atoms with Crippen molar-refractivity contribution in [2.75, 3.05) is 6.61 Å². The molecule has 0 aliphatic heterocycles. The maximum Gasteiger partial charge on any atom is 0.327 e. The van der Waals surface area contributed by atoms with Crippen LogP contribution in [0, 0.1) is 0 Å². The third-order valence-corrected chi connectivity index (χ3v) is 2.31. The molecule has 1 N–H and O–H groups in total. The molecule has 1 aromatic carbocycles. The van der Waals surface area contributed by atoms with Crippen LogP contribution in [-0.4, -0.2) is 37.9 Å². The van der Waals surface area contributed by atoms with Crippen molar-refractivity contribution in [3.8, 4) is 17.1 Å². The van der Waals surface area contributed by atoms with Crippen molar-refractivity contribution in [3.63, 3.8) is 0 Å². The predicted molar refractivity (Wildman–Crippen MR) is 66.7 cm³/mol. The molecule has 7 nitrogen and oxygen atoms in total. The molecule has 0 unspecified atom stereocenters. The molecule has 0 fully saturated rings. The van der Waals surface area contributed by atoms with Gasteiger partial charge in [0, 0.05) is 5.56 Å². The van der Waals surface area contributed by atoms with Gasteiger partial charge in [0.05, 0.1) is 6.61 Å². The van der Waals surface area contributed by atoms with Gasteiger partial charge in [0.15, 0.2) is 6.54 Å². The summed E-state index contributed by atoms with van der Waals surface area (Å²) in [6, 6.07) is 7.27. The molecule has 0 aliphatic rings. The van der Waals surface area contributed by atoms with E-state index in [-0.39, 0.29) is 6.54 Å². The molecule has 1 aromatic heterocycles. The van der Waals surface area contributed by atoms with Gasteiger partial charge in [-0.1, -0.05) is 6.92 Å². The van der Waals surface area contributed by atoms with E-state index in [9.17, 15) is 4.79 Å². The van der Waals surface area contributed by atoms with E-state index in [4.69, 9.17) is 9.84 Å². The molecular weight excluding hydrogens is 248 g/mol. The Kier molecular flexibility index (Phi) is 4.07. The second-order valence-electron chi connectivity index (χ2n) is 3.91. The first kappa shape index (κ1) is 13.0. The van der Waals surface area contributed by atoms with Crippen LogP contribution in [0.1, 0.15) is 13.3 Å². The van der Waals surface area contributed by atoms with Crippen molar-refractivity contribution in [2.24, 2.45) is 0 Å². The summed E-state index contributed by atoms with van der Waals surface area (Å²) in [5.74, 6) is 0.166. The van der Waals surface area contributed by atoms with Crippen molar-refractivity contribution < 1.29 is 14.6 Å². The van der Waals surface area contributed by atoms with Crippen LogP contribution in [0.5, 0.6) is 5.75 Å².